The van der Waals surface area contributed by atoms with Crippen LogP contribution in [0.3, 0.4) is 0 Å². The molecule has 0 saturated heterocycles. The summed E-state index contributed by atoms with van der Waals surface area (Å²) in [5.41, 5.74) is 2.31. The fraction of sp³-hybridized carbons (Fsp3) is 0.0769. The lowest BCUT2D eigenvalue weighted by Gasteiger charge is -2.06. The van der Waals surface area contributed by atoms with Crippen LogP contribution in [-0.2, 0) is 6.54 Å². The number of hydrogen-bond acceptors (Lipinski definition) is 1. The summed E-state index contributed by atoms with van der Waals surface area (Å²) in [4.78, 5) is 0. The van der Waals surface area contributed by atoms with Crippen LogP contribution in [0.25, 0.3) is 0 Å². The fourth-order valence-electron chi connectivity index (χ4n) is 1.41. The highest BCUT2D eigenvalue weighted by molar-refractivity contribution is 6.30. The van der Waals surface area contributed by atoms with E-state index in [1.54, 1.807) is 0 Å². The highest BCUT2D eigenvalue weighted by atomic mass is 35.5. The highest BCUT2D eigenvalue weighted by Crippen LogP contribution is 2.12. The monoisotopic (exact) mass is 217 g/mol. The first-order chi connectivity index (χ1) is 7.34. The summed E-state index contributed by atoms with van der Waals surface area (Å²) in [7, 11) is 0. The zero-order chi connectivity index (χ0) is 10.5. The van der Waals surface area contributed by atoms with Gasteiger partial charge in [0.1, 0.15) is 0 Å². The molecule has 0 aliphatic heterocycles. The van der Waals surface area contributed by atoms with E-state index in [9.17, 15) is 0 Å². The van der Waals surface area contributed by atoms with E-state index in [1.807, 2.05) is 48.5 Å². The molecule has 2 aromatic rings. The zero-order valence-electron chi connectivity index (χ0n) is 8.28. The maximum absolute atomic E-state index is 5.90. The summed E-state index contributed by atoms with van der Waals surface area (Å²) in [6.07, 6.45) is 0. The number of rotatable bonds is 3. The van der Waals surface area contributed by atoms with Crippen molar-refractivity contribution >= 4 is 17.3 Å². The molecule has 0 bridgehead atoms. The molecule has 0 heterocycles. The molecule has 1 nitrogen and oxygen atoms in total. The van der Waals surface area contributed by atoms with Gasteiger partial charge < -0.3 is 5.32 Å². The van der Waals surface area contributed by atoms with Crippen LogP contribution in [0.1, 0.15) is 5.56 Å². The standard InChI is InChI=1S/C13H12ClN/c14-12-6-4-5-11(9-12)10-15-13-7-2-1-3-8-13/h1-9,15H,10H2. The van der Waals surface area contributed by atoms with Crippen LogP contribution < -0.4 is 5.32 Å². The first-order valence-corrected chi connectivity index (χ1v) is 5.26. The van der Waals surface area contributed by atoms with Crippen LogP contribution in [0.2, 0.25) is 5.02 Å². The van der Waals surface area contributed by atoms with Crippen LogP contribution in [0.5, 0.6) is 0 Å². The first kappa shape index (κ1) is 10.1. The van der Waals surface area contributed by atoms with E-state index >= 15 is 0 Å². The maximum atomic E-state index is 5.90. The second kappa shape index (κ2) is 4.85. The Morgan fingerprint density at radius 1 is 0.933 bits per heavy atom. The Labute approximate surface area is 94.7 Å². The summed E-state index contributed by atoms with van der Waals surface area (Å²) < 4.78 is 0. The van der Waals surface area contributed by atoms with Crippen LogP contribution in [0.4, 0.5) is 5.69 Å². The van der Waals surface area contributed by atoms with Crippen molar-refractivity contribution in [1.82, 2.24) is 0 Å². The van der Waals surface area contributed by atoms with Gasteiger partial charge in [0.15, 0.2) is 0 Å². The molecule has 0 radical (unpaired) electrons. The van der Waals surface area contributed by atoms with Gasteiger partial charge in [0.25, 0.3) is 0 Å². The van der Waals surface area contributed by atoms with E-state index in [2.05, 4.69) is 11.4 Å². The summed E-state index contributed by atoms with van der Waals surface area (Å²) >= 11 is 5.90. The van der Waals surface area contributed by atoms with Crippen molar-refractivity contribution in [2.45, 2.75) is 6.54 Å². The van der Waals surface area contributed by atoms with Gasteiger partial charge in [-0.3, -0.25) is 0 Å². The highest BCUT2D eigenvalue weighted by Gasteiger charge is 1.94. The lowest BCUT2D eigenvalue weighted by Crippen LogP contribution is -1.98. The van der Waals surface area contributed by atoms with Crippen LogP contribution >= 0.6 is 11.6 Å². The number of anilines is 1. The van der Waals surface area contributed by atoms with E-state index in [-0.39, 0.29) is 0 Å². The van der Waals surface area contributed by atoms with Crippen LogP contribution in [0.15, 0.2) is 54.6 Å². The second-order valence-corrected chi connectivity index (χ2v) is 3.79. The van der Waals surface area contributed by atoms with Gasteiger partial charge in [-0.05, 0) is 29.8 Å². The van der Waals surface area contributed by atoms with Gasteiger partial charge in [-0.1, -0.05) is 41.9 Å². The van der Waals surface area contributed by atoms with Gasteiger partial charge in [0.2, 0.25) is 0 Å². The molecular weight excluding hydrogens is 206 g/mol. The Bertz CT molecular complexity index is 426. The van der Waals surface area contributed by atoms with Crippen molar-refractivity contribution in [3.05, 3.63) is 65.2 Å². The van der Waals surface area contributed by atoms with Crippen molar-refractivity contribution in [1.29, 1.82) is 0 Å². The molecule has 0 aliphatic rings. The Hall–Kier alpha value is -1.47. The molecule has 1 N–H and O–H groups in total. The van der Waals surface area contributed by atoms with E-state index in [0.29, 0.717) is 0 Å². The van der Waals surface area contributed by atoms with Crippen molar-refractivity contribution < 1.29 is 0 Å². The van der Waals surface area contributed by atoms with Crippen molar-refractivity contribution in [2.75, 3.05) is 5.32 Å². The average molecular weight is 218 g/mol. The molecule has 76 valence electrons. The van der Waals surface area contributed by atoms with Gasteiger partial charge in [-0.15, -0.1) is 0 Å². The van der Waals surface area contributed by atoms with E-state index in [0.717, 1.165) is 17.3 Å². The van der Waals surface area contributed by atoms with Gasteiger partial charge in [0, 0.05) is 17.3 Å². The number of halogens is 1. The van der Waals surface area contributed by atoms with Crippen LogP contribution in [-0.4, -0.2) is 0 Å². The predicted molar refractivity (Wildman–Crippen MR) is 65.2 cm³/mol. The number of para-hydroxylation sites is 1. The van der Waals surface area contributed by atoms with Crippen molar-refractivity contribution in [2.24, 2.45) is 0 Å². The zero-order valence-corrected chi connectivity index (χ0v) is 9.04. The molecule has 0 amide bonds. The molecule has 0 aliphatic carbocycles. The van der Waals surface area contributed by atoms with Crippen molar-refractivity contribution in [3.63, 3.8) is 0 Å². The number of benzene rings is 2. The quantitative estimate of drug-likeness (QED) is 0.821. The predicted octanol–water partition coefficient (Wildman–Crippen LogP) is 3.95. The molecule has 0 fully saturated rings. The molecule has 2 rings (SSSR count). The summed E-state index contributed by atoms with van der Waals surface area (Å²) in [6.45, 7) is 0.796. The third-order valence-corrected chi connectivity index (χ3v) is 2.39. The van der Waals surface area contributed by atoms with Crippen LogP contribution in [0, 0.1) is 0 Å². The Kier molecular flexibility index (Phi) is 3.25. The molecule has 0 unspecified atom stereocenters. The van der Waals surface area contributed by atoms with E-state index in [1.165, 1.54) is 5.56 Å². The normalized spacial score (nSPS) is 9.93. The lowest BCUT2D eigenvalue weighted by atomic mass is 10.2. The average Bonchev–Trinajstić information content (AvgIpc) is 2.28. The van der Waals surface area contributed by atoms with Gasteiger partial charge >= 0.3 is 0 Å². The summed E-state index contributed by atoms with van der Waals surface area (Å²) in [5.74, 6) is 0. The molecule has 15 heavy (non-hydrogen) atoms. The van der Waals surface area contributed by atoms with E-state index in [4.69, 9.17) is 11.6 Å². The van der Waals surface area contributed by atoms with Gasteiger partial charge in [-0.2, -0.15) is 0 Å². The minimum Gasteiger partial charge on any atom is -0.381 e. The fourth-order valence-corrected chi connectivity index (χ4v) is 1.62. The Morgan fingerprint density at radius 3 is 2.47 bits per heavy atom. The lowest BCUT2D eigenvalue weighted by molar-refractivity contribution is 1.15. The molecule has 0 atom stereocenters. The molecule has 2 heteroatoms. The third-order valence-electron chi connectivity index (χ3n) is 2.16. The summed E-state index contributed by atoms with van der Waals surface area (Å²) in [6, 6.07) is 18.0. The Morgan fingerprint density at radius 2 is 1.73 bits per heavy atom. The minimum absolute atomic E-state index is 0.780. The largest absolute Gasteiger partial charge is 0.381 e. The van der Waals surface area contributed by atoms with E-state index < -0.39 is 0 Å². The third kappa shape index (κ3) is 3.00. The van der Waals surface area contributed by atoms with Gasteiger partial charge in [-0.25, -0.2) is 0 Å². The minimum atomic E-state index is 0.780. The summed E-state index contributed by atoms with van der Waals surface area (Å²) in [5, 5.41) is 4.11. The smallest absolute Gasteiger partial charge is 0.0409 e. The number of hydrogen-bond donors (Lipinski definition) is 1. The molecule has 2 aromatic carbocycles. The molecule has 0 saturated carbocycles. The molecular formula is C13H12ClN. The number of nitrogens with one attached hydrogen (secondary N) is 1. The second-order valence-electron chi connectivity index (χ2n) is 3.35. The van der Waals surface area contributed by atoms with Crippen molar-refractivity contribution in [3.8, 4) is 0 Å². The topological polar surface area (TPSA) is 12.0 Å². The first-order valence-electron chi connectivity index (χ1n) is 4.88. The maximum Gasteiger partial charge on any atom is 0.0409 e. The van der Waals surface area contributed by atoms with Gasteiger partial charge in [0.05, 0.1) is 0 Å². The molecule has 0 aromatic heterocycles. The molecule has 0 spiro atoms. The SMILES string of the molecule is Clc1cccc(CNc2ccccc2)c1. The Balaban J connectivity index is 1.99.